The number of carbonyl (C=O) groups is 1. The van der Waals surface area contributed by atoms with Crippen molar-refractivity contribution in [1.82, 2.24) is 9.13 Å². The highest BCUT2D eigenvalue weighted by Crippen LogP contribution is 2.43. The molecule has 2 aliphatic rings. The number of nitrogens with one attached hydrogen (secondary N) is 1. The van der Waals surface area contributed by atoms with Gasteiger partial charge in [-0.05, 0) is 30.5 Å². The molecule has 7 heteroatoms. The third-order valence-electron chi connectivity index (χ3n) is 5.75. The smallest absolute Gasteiger partial charge is 0.332 e. The molecule has 28 heavy (non-hydrogen) atoms. The maximum absolute atomic E-state index is 13.1. The molecular formula is C21H24N4O3. The summed E-state index contributed by atoms with van der Waals surface area (Å²) in [7, 11) is 7.05. The van der Waals surface area contributed by atoms with Crippen molar-refractivity contribution in [3.63, 3.8) is 0 Å². The summed E-state index contributed by atoms with van der Waals surface area (Å²) >= 11 is 0. The SMILES string of the molecule is CN(C)c1ccc([C@H]2C3=C(CCCC3=O)Nc3c2c(=O)n(C)c(=O)n3C)cc1. The van der Waals surface area contributed by atoms with E-state index in [0.717, 1.165) is 34.4 Å². The van der Waals surface area contributed by atoms with Crippen molar-refractivity contribution >= 4 is 17.3 Å². The standard InChI is InChI=1S/C21H24N4O3/c1-23(2)13-10-8-12(9-11-13)16-17-14(6-5-7-15(17)26)22-19-18(16)20(27)25(4)21(28)24(19)3/h8-11,16,22H,5-7H2,1-4H3/t16-/m0/s1. The first-order chi connectivity index (χ1) is 13.3. The number of Topliss-reactive ketones (excluding diaryl/α,β-unsaturated/α-hetero) is 1. The van der Waals surface area contributed by atoms with Gasteiger partial charge in [-0.15, -0.1) is 0 Å². The van der Waals surface area contributed by atoms with Crippen molar-refractivity contribution in [3.8, 4) is 0 Å². The van der Waals surface area contributed by atoms with E-state index in [9.17, 15) is 14.4 Å². The Kier molecular flexibility index (Phi) is 4.25. The van der Waals surface area contributed by atoms with E-state index in [1.807, 2.05) is 43.3 Å². The second-order valence-electron chi connectivity index (χ2n) is 7.68. The van der Waals surface area contributed by atoms with Crippen molar-refractivity contribution in [2.75, 3.05) is 24.3 Å². The Hall–Kier alpha value is -3.09. The molecule has 1 aromatic heterocycles. The van der Waals surface area contributed by atoms with Crippen molar-refractivity contribution in [1.29, 1.82) is 0 Å². The number of benzene rings is 1. The first kappa shape index (κ1) is 18.3. The Bertz CT molecular complexity index is 1120. The van der Waals surface area contributed by atoms with Gasteiger partial charge in [0.25, 0.3) is 5.56 Å². The monoisotopic (exact) mass is 380 g/mol. The van der Waals surface area contributed by atoms with E-state index in [0.29, 0.717) is 23.4 Å². The largest absolute Gasteiger partial charge is 0.378 e. The molecule has 7 nitrogen and oxygen atoms in total. The van der Waals surface area contributed by atoms with E-state index in [1.165, 1.54) is 11.6 Å². The zero-order valence-electron chi connectivity index (χ0n) is 16.6. The van der Waals surface area contributed by atoms with E-state index >= 15 is 0 Å². The highest BCUT2D eigenvalue weighted by atomic mass is 16.2. The Morgan fingerprint density at radius 2 is 1.68 bits per heavy atom. The lowest BCUT2D eigenvalue weighted by Gasteiger charge is -2.34. The molecular weight excluding hydrogens is 356 g/mol. The fraction of sp³-hybridized carbons (Fsp3) is 0.381. The summed E-state index contributed by atoms with van der Waals surface area (Å²) in [6.45, 7) is 0. The molecule has 1 atom stereocenters. The number of anilines is 2. The number of rotatable bonds is 2. The summed E-state index contributed by atoms with van der Waals surface area (Å²) in [4.78, 5) is 40.4. The van der Waals surface area contributed by atoms with Crippen LogP contribution in [0.5, 0.6) is 0 Å². The average Bonchev–Trinajstić information content (AvgIpc) is 2.69. The number of nitrogens with zero attached hydrogens (tertiary/aromatic N) is 3. The summed E-state index contributed by atoms with van der Waals surface area (Å²) in [5.41, 5.74) is 3.11. The molecule has 1 aliphatic carbocycles. The minimum Gasteiger partial charge on any atom is -0.378 e. The molecule has 4 rings (SSSR count). The molecule has 1 N–H and O–H groups in total. The van der Waals surface area contributed by atoms with Crippen LogP contribution in [0.25, 0.3) is 0 Å². The van der Waals surface area contributed by atoms with Crippen LogP contribution < -0.4 is 21.5 Å². The Morgan fingerprint density at radius 1 is 1.00 bits per heavy atom. The lowest BCUT2D eigenvalue weighted by molar-refractivity contribution is -0.116. The third-order valence-corrected chi connectivity index (χ3v) is 5.75. The lowest BCUT2D eigenvalue weighted by Crippen LogP contribution is -2.44. The van der Waals surface area contributed by atoms with Gasteiger partial charge in [-0.3, -0.25) is 18.7 Å². The van der Waals surface area contributed by atoms with E-state index in [2.05, 4.69) is 5.32 Å². The number of fused-ring (bicyclic) bond motifs is 1. The van der Waals surface area contributed by atoms with E-state index in [-0.39, 0.29) is 17.0 Å². The predicted octanol–water partition coefficient (Wildman–Crippen LogP) is 1.71. The van der Waals surface area contributed by atoms with Gasteiger partial charge in [-0.1, -0.05) is 12.1 Å². The molecule has 0 radical (unpaired) electrons. The number of carbonyl (C=O) groups excluding carboxylic acids is 1. The van der Waals surface area contributed by atoms with Crippen LogP contribution in [0.15, 0.2) is 45.1 Å². The molecule has 1 aliphatic heterocycles. The summed E-state index contributed by atoms with van der Waals surface area (Å²) in [6, 6.07) is 7.90. The summed E-state index contributed by atoms with van der Waals surface area (Å²) in [5, 5.41) is 3.24. The van der Waals surface area contributed by atoms with Crippen molar-refractivity contribution in [3.05, 3.63) is 67.5 Å². The first-order valence-electron chi connectivity index (χ1n) is 9.41. The molecule has 0 bridgehead atoms. The van der Waals surface area contributed by atoms with Gasteiger partial charge in [-0.2, -0.15) is 0 Å². The topological polar surface area (TPSA) is 76.3 Å². The van der Waals surface area contributed by atoms with Crippen molar-refractivity contribution < 1.29 is 4.79 Å². The Morgan fingerprint density at radius 3 is 2.32 bits per heavy atom. The molecule has 0 amide bonds. The van der Waals surface area contributed by atoms with Gasteiger partial charge in [0.1, 0.15) is 5.82 Å². The minimum atomic E-state index is -0.472. The van der Waals surface area contributed by atoms with Gasteiger partial charge >= 0.3 is 5.69 Å². The molecule has 0 unspecified atom stereocenters. The van der Waals surface area contributed by atoms with Gasteiger partial charge in [0, 0.05) is 57.5 Å². The fourth-order valence-corrected chi connectivity index (χ4v) is 4.20. The molecule has 0 spiro atoms. The molecule has 2 aromatic rings. The molecule has 0 saturated carbocycles. The van der Waals surface area contributed by atoms with Crippen LogP contribution in [0.1, 0.15) is 36.3 Å². The van der Waals surface area contributed by atoms with Gasteiger partial charge in [0.05, 0.1) is 5.56 Å². The Balaban J connectivity index is 2.02. The summed E-state index contributed by atoms with van der Waals surface area (Å²) in [5.74, 6) is 0.0843. The predicted molar refractivity (Wildman–Crippen MR) is 109 cm³/mol. The van der Waals surface area contributed by atoms with Crippen LogP contribution in [0.3, 0.4) is 0 Å². The van der Waals surface area contributed by atoms with Gasteiger partial charge in [0.2, 0.25) is 0 Å². The van der Waals surface area contributed by atoms with Crippen LogP contribution in [0, 0.1) is 0 Å². The van der Waals surface area contributed by atoms with E-state index in [1.54, 1.807) is 7.05 Å². The zero-order valence-corrected chi connectivity index (χ0v) is 16.6. The normalized spacial score (nSPS) is 18.4. The fourth-order valence-electron chi connectivity index (χ4n) is 4.20. The molecule has 2 heterocycles. The van der Waals surface area contributed by atoms with Crippen LogP contribution in [0.2, 0.25) is 0 Å². The maximum atomic E-state index is 13.1. The van der Waals surface area contributed by atoms with Crippen molar-refractivity contribution in [2.45, 2.75) is 25.2 Å². The van der Waals surface area contributed by atoms with Crippen molar-refractivity contribution in [2.24, 2.45) is 14.1 Å². The van der Waals surface area contributed by atoms with Gasteiger partial charge in [0.15, 0.2) is 5.78 Å². The second-order valence-corrected chi connectivity index (χ2v) is 7.68. The zero-order chi connectivity index (χ0) is 20.2. The molecule has 0 saturated heterocycles. The number of allylic oxidation sites excluding steroid dienone is 2. The summed E-state index contributed by atoms with van der Waals surface area (Å²) in [6.07, 6.45) is 1.98. The number of hydrogen-bond acceptors (Lipinski definition) is 5. The second kappa shape index (κ2) is 6.51. The molecule has 146 valence electrons. The van der Waals surface area contributed by atoms with Crippen LogP contribution in [-0.4, -0.2) is 29.0 Å². The highest BCUT2D eigenvalue weighted by Gasteiger charge is 2.38. The minimum absolute atomic E-state index is 0.0667. The molecule has 0 fully saturated rings. The van der Waals surface area contributed by atoms with Gasteiger partial charge in [-0.25, -0.2) is 4.79 Å². The van der Waals surface area contributed by atoms with Gasteiger partial charge < -0.3 is 10.2 Å². The highest BCUT2D eigenvalue weighted by molar-refractivity contribution is 6.00. The molecule has 1 aromatic carbocycles. The van der Waals surface area contributed by atoms with Crippen LogP contribution >= 0.6 is 0 Å². The van der Waals surface area contributed by atoms with E-state index < -0.39 is 5.92 Å². The lowest BCUT2D eigenvalue weighted by atomic mass is 9.76. The summed E-state index contributed by atoms with van der Waals surface area (Å²) < 4.78 is 2.57. The van der Waals surface area contributed by atoms with Crippen LogP contribution in [-0.2, 0) is 18.9 Å². The maximum Gasteiger partial charge on any atom is 0.332 e. The number of aromatic nitrogens is 2. The Labute approximate surface area is 162 Å². The number of ketones is 1. The third kappa shape index (κ3) is 2.61. The number of hydrogen-bond donors (Lipinski definition) is 1. The van der Waals surface area contributed by atoms with E-state index in [4.69, 9.17) is 0 Å². The first-order valence-corrected chi connectivity index (χ1v) is 9.41. The van der Waals surface area contributed by atoms with Crippen LogP contribution in [0.4, 0.5) is 11.5 Å². The quantitative estimate of drug-likeness (QED) is 0.859. The average molecular weight is 380 g/mol.